The topological polar surface area (TPSA) is 78.5 Å². The van der Waals surface area contributed by atoms with Gasteiger partial charge in [-0.3, -0.25) is 13.8 Å². The molecule has 0 fully saturated rings. The van der Waals surface area contributed by atoms with Gasteiger partial charge in [0.05, 0.1) is 32.5 Å². The SMILES string of the molecule is Cc1nc2cc(C(=O)OCc3cc(=O)n4c(n3)sc3ccccc34)ccc2n1-c1ccccc1. The molecule has 0 bridgehead atoms. The monoisotopic (exact) mass is 466 g/mol. The zero-order chi connectivity index (χ0) is 23.2. The summed E-state index contributed by atoms with van der Waals surface area (Å²) in [6.07, 6.45) is 0. The van der Waals surface area contributed by atoms with Crippen molar-refractivity contribution in [2.75, 3.05) is 0 Å². The lowest BCUT2D eigenvalue weighted by molar-refractivity contribution is 0.0468. The maximum absolute atomic E-state index is 12.7. The maximum atomic E-state index is 12.7. The highest BCUT2D eigenvalue weighted by Crippen LogP contribution is 2.24. The van der Waals surface area contributed by atoms with Crippen LogP contribution < -0.4 is 5.56 Å². The molecule has 3 aromatic carbocycles. The maximum Gasteiger partial charge on any atom is 0.338 e. The normalized spacial score (nSPS) is 11.4. The van der Waals surface area contributed by atoms with Gasteiger partial charge in [-0.2, -0.15) is 0 Å². The minimum absolute atomic E-state index is 0.0889. The molecule has 3 aromatic heterocycles. The second-order valence-corrected chi connectivity index (χ2v) is 8.89. The summed E-state index contributed by atoms with van der Waals surface area (Å²) in [7, 11) is 0. The number of fused-ring (bicyclic) bond motifs is 4. The predicted molar refractivity (Wildman–Crippen MR) is 132 cm³/mol. The number of hydrogen-bond acceptors (Lipinski definition) is 6. The van der Waals surface area contributed by atoms with E-state index < -0.39 is 5.97 Å². The molecule has 0 radical (unpaired) electrons. The average molecular weight is 467 g/mol. The van der Waals surface area contributed by atoms with E-state index in [1.165, 1.54) is 17.4 Å². The van der Waals surface area contributed by atoms with E-state index in [1.807, 2.05) is 72.2 Å². The molecule has 166 valence electrons. The van der Waals surface area contributed by atoms with Crippen LogP contribution in [0.15, 0.2) is 83.7 Å². The van der Waals surface area contributed by atoms with Crippen LogP contribution in [0, 0.1) is 6.92 Å². The van der Waals surface area contributed by atoms with E-state index in [-0.39, 0.29) is 12.2 Å². The van der Waals surface area contributed by atoms with Crippen LogP contribution in [0.25, 0.3) is 31.9 Å². The first-order valence-electron chi connectivity index (χ1n) is 10.7. The molecule has 8 heteroatoms. The fourth-order valence-corrected chi connectivity index (χ4v) is 5.20. The number of hydrogen-bond donors (Lipinski definition) is 0. The molecule has 6 rings (SSSR count). The van der Waals surface area contributed by atoms with Gasteiger partial charge < -0.3 is 4.74 Å². The number of rotatable bonds is 4. The molecule has 7 nitrogen and oxygen atoms in total. The number of imidazole rings is 1. The number of esters is 1. The second-order valence-electron chi connectivity index (χ2n) is 7.88. The summed E-state index contributed by atoms with van der Waals surface area (Å²) in [6.45, 7) is 1.84. The van der Waals surface area contributed by atoms with Gasteiger partial charge in [-0.1, -0.05) is 41.7 Å². The van der Waals surface area contributed by atoms with Crippen molar-refractivity contribution in [1.82, 2.24) is 18.9 Å². The molecule has 0 atom stereocenters. The van der Waals surface area contributed by atoms with Crippen molar-refractivity contribution in [3.8, 4) is 5.69 Å². The summed E-state index contributed by atoms with van der Waals surface area (Å²) in [4.78, 5) is 35.1. The summed E-state index contributed by atoms with van der Waals surface area (Å²) in [6, 6.07) is 24.3. The van der Waals surface area contributed by atoms with E-state index in [1.54, 1.807) is 16.5 Å². The fraction of sp³-hybridized carbons (Fsp3) is 0.0769. The van der Waals surface area contributed by atoms with Crippen LogP contribution in [0.3, 0.4) is 0 Å². The lowest BCUT2D eigenvalue weighted by Gasteiger charge is -2.07. The van der Waals surface area contributed by atoms with Crippen LogP contribution in [0.5, 0.6) is 0 Å². The molecule has 0 N–H and O–H groups in total. The second kappa shape index (κ2) is 7.93. The lowest BCUT2D eigenvalue weighted by Crippen LogP contribution is -2.15. The smallest absolute Gasteiger partial charge is 0.338 e. The Morgan fingerprint density at radius 3 is 2.59 bits per heavy atom. The van der Waals surface area contributed by atoms with Crippen molar-refractivity contribution in [3.05, 3.63) is 106 Å². The van der Waals surface area contributed by atoms with E-state index in [9.17, 15) is 9.59 Å². The van der Waals surface area contributed by atoms with Crippen molar-refractivity contribution < 1.29 is 9.53 Å². The number of aromatic nitrogens is 4. The number of thiazole rings is 1. The Balaban J connectivity index is 1.27. The van der Waals surface area contributed by atoms with Crippen molar-refractivity contribution in [2.45, 2.75) is 13.5 Å². The first kappa shape index (κ1) is 20.3. The van der Waals surface area contributed by atoms with E-state index in [0.717, 1.165) is 27.2 Å². The van der Waals surface area contributed by atoms with Gasteiger partial charge >= 0.3 is 5.97 Å². The Bertz CT molecular complexity index is 1770. The fourth-order valence-electron chi connectivity index (χ4n) is 4.15. The van der Waals surface area contributed by atoms with Crippen LogP contribution in [0.2, 0.25) is 0 Å². The van der Waals surface area contributed by atoms with Crippen LogP contribution in [-0.4, -0.2) is 24.9 Å². The van der Waals surface area contributed by atoms with E-state index in [0.29, 0.717) is 21.7 Å². The van der Waals surface area contributed by atoms with E-state index in [4.69, 9.17) is 4.74 Å². The third kappa shape index (κ3) is 3.36. The number of aryl methyl sites for hydroxylation is 1. The largest absolute Gasteiger partial charge is 0.456 e. The molecule has 0 saturated heterocycles. The minimum Gasteiger partial charge on any atom is -0.456 e. The summed E-state index contributed by atoms with van der Waals surface area (Å²) >= 11 is 1.42. The highest BCUT2D eigenvalue weighted by Gasteiger charge is 2.15. The van der Waals surface area contributed by atoms with Crippen molar-refractivity contribution in [1.29, 1.82) is 0 Å². The Labute approximate surface area is 197 Å². The number of carbonyl (C=O) groups excluding carboxylic acids is 1. The molecule has 34 heavy (non-hydrogen) atoms. The zero-order valence-corrected chi connectivity index (χ0v) is 19.0. The van der Waals surface area contributed by atoms with Crippen molar-refractivity contribution >= 4 is 43.5 Å². The molecule has 0 aliphatic carbocycles. The summed E-state index contributed by atoms with van der Waals surface area (Å²) in [5, 5.41) is 0. The molecule has 3 heterocycles. The summed E-state index contributed by atoms with van der Waals surface area (Å²) in [5.74, 6) is 0.334. The Morgan fingerprint density at radius 2 is 1.74 bits per heavy atom. The number of para-hydroxylation sites is 2. The van der Waals surface area contributed by atoms with Crippen molar-refractivity contribution in [3.63, 3.8) is 0 Å². The minimum atomic E-state index is -0.493. The Hall–Kier alpha value is -4.30. The van der Waals surface area contributed by atoms with Crippen LogP contribution in [0.4, 0.5) is 0 Å². The van der Waals surface area contributed by atoms with Gasteiger partial charge in [-0.15, -0.1) is 0 Å². The van der Waals surface area contributed by atoms with Gasteiger partial charge in [-0.25, -0.2) is 14.8 Å². The van der Waals surface area contributed by atoms with Crippen LogP contribution in [-0.2, 0) is 11.3 Å². The lowest BCUT2D eigenvalue weighted by atomic mass is 10.2. The van der Waals surface area contributed by atoms with Gasteiger partial charge in [0.15, 0.2) is 4.96 Å². The predicted octanol–water partition coefficient (Wildman–Crippen LogP) is 4.91. The number of benzene rings is 3. The summed E-state index contributed by atoms with van der Waals surface area (Å²) < 4.78 is 10.1. The Kier molecular flexibility index (Phi) is 4.74. The molecule has 0 aliphatic rings. The van der Waals surface area contributed by atoms with Gasteiger partial charge in [-0.05, 0) is 49.4 Å². The first-order valence-corrected chi connectivity index (χ1v) is 11.5. The van der Waals surface area contributed by atoms with E-state index in [2.05, 4.69) is 9.97 Å². The molecule has 6 aromatic rings. The first-order chi connectivity index (χ1) is 16.6. The average Bonchev–Trinajstić information content (AvgIpc) is 3.39. The summed E-state index contributed by atoms with van der Waals surface area (Å²) in [5.41, 5.74) is 4.05. The van der Waals surface area contributed by atoms with Gasteiger partial charge in [0, 0.05) is 11.8 Å². The van der Waals surface area contributed by atoms with E-state index >= 15 is 0 Å². The molecule has 0 aliphatic heterocycles. The number of carbonyl (C=O) groups is 1. The van der Waals surface area contributed by atoms with Gasteiger partial charge in [0.25, 0.3) is 5.56 Å². The molecular formula is C26H18N4O3S. The highest BCUT2D eigenvalue weighted by molar-refractivity contribution is 7.23. The molecule has 0 amide bonds. The third-order valence-corrected chi connectivity index (χ3v) is 6.69. The molecule has 0 unspecified atom stereocenters. The standard InChI is InChI=1S/C26H18N4O3S/c1-16-27-20-13-17(11-12-21(20)29(16)19-7-3-2-4-8-19)25(32)33-15-18-14-24(31)30-22-9-5-6-10-23(22)34-26(30)28-18/h2-14H,15H2,1H3. The third-order valence-electron chi connectivity index (χ3n) is 5.67. The molecular weight excluding hydrogens is 448 g/mol. The van der Waals surface area contributed by atoms with Gasteiger partial charge in [0.1, 0.15) is 12.4 Å². The number of ether oxygens (including phenoxy) is 1. The van der Waals surface area contributed by atoms with Crippen LogP contribution in [0.1, 0.15) is 21.9 Å². The van der Waals surface area contributed by atoms with Crippen LogP contribution >= 0.6 is 11.3 Å². The highest BCUT2D eigenvalue weighted by atomic mass is 32.1. The Morgan fingerprint density at radius 1 is 0.941 bits per heavy atom. The van der Waals surface area contributed by atoms with Gasteiger partial charge in [0.2, 0.25) is 0 Å². The molecule has 0 saturated carbocycles. The number of nitrogens with zero attached hydrogens (tertiary/aromatic N) is 4. The quantitative estimate of drug-likeness (QED) is 0.345. The van der Waals surface area contributed by atoms with Crippen molar-refractivity contribution in [2.24, 2.45) is 0 Å². The zero-order valence-electron chi connectivity index (χ0n) is 18.1. The molecule has 0 spiro atoms.